The summed E-state index contributed by atoms with van der Waals surface area (Å²) in [6.45, 7) is 2.16. The third kappa shape index (κ3) is 2.90. The Morgan fingerprint density at radius 1 is 1.00 bits per heavy atom. The maximum atomic E-state index is 5.21. The maximum absolute atomic E-state index is 5.21. The Hall–Kier alpha value is -1.02. The Kier molecular flexibility index (Phi) is 3.89. The number of ether oxygens (including phenoxy) is 1. The van der Waals surface area contributed by atoms with Gasteiger partial charge in [0.15, 0.2) is 0 Å². The van der Waals surface area contributed by atoms with Crippen LogP contribution >= 0.6 is 0 Å². The predicted octanol–water partition coefficient (Wildman–Crippen LogP) is 4.39. The average molecular weight is 299 g/mol. The van der Waals surface area contributed by atoms with Crippen LogP contribution in [0.5, 0.6) is 5.75 Å². The van der Waals surface area contributed by atoms with Gasteiger partial charge in [-0.15, -0.1) is 0 Å². The zero-order chi connectivity index (χ0) is 15.0. The molecule has 4 aliphatic carbocycles. The number of hydrogen-bond acceptors (Lipinski definition) is 2. The SMILES string of the molecule is COc1ccc(CNCCC23CC4CC(CC(C4)C2)C3)cc1. The molecule has 0 amide bonds. The summed E-state index contributed by atoms with van der Waals surface area (Å²) < 4.78 is 5.21. The lowest BCUT2D eigenvalue weighted by atomic mass is 9.49. The first-order chi connectivity index (χ1) is 10.7. The van der Waals surface area contributed by atoms with Crippen molar-refractivity contribution in [2.24, 2.45) is 23.2 Å². The van der Waals surface area contributed by atoms with E-state index < -0.39 is 0 Å². The molecule has 4 bridgehead atoms. The standard InChI is InChI=1S/C20H29NO/c1-22-19-4-2-15(3-5-19)14-21-7-6-20-11-16-8-17(12-20)10-18(9-16)13-20/h2-5,16-18,21H,6-14H2,1H3. The molecule has 0 spiro atoms. The molecule has 4 fully saturated rings. The first-order valence-electron chi connectivity index (χ1n) is 9.08. The predicted molar refractivity (Wildman–Crippen MR) is 89.9 cm³/mol. The Labute approximate surface area is 134 Å². The molecule has 2 heteroatoms. The largest absolute Gasteiger partial charge is 0.497 e. The van der Waals surface area contributed by atoms with Crippen molar-refractivity contribution < 1.29 is 4.74 Å². The summed E-state index contributed by atoms with van der Waals surface area (Å²) in [6, 6.07) is 8.43. The van der Waals surface area contributed by atoms with Crippen molar-refractivity contribution in [1.82, 2.24) is 5.32 Å². The monoisotopic (exact) mass is 299 g/mol. The van der Waals surface area contributed by atoms with Gasteiger partial charge in [0, 0.05) is 6.54 Å². The molecule has 0 atom stereocenters. The van der Waals surface area contributed by atoms with Crippen molar-refractivity contribution in [2.75, 3.05) is 13.7 Å². The Bertz CT molecular complexity index is 472. The minimum absolute atomic E-state index is 0.710. The number of hydrogen-bond donors (Lipinski definition) is 1. The minimum atomic E-state index is 0.710. The summed E-state index contributed by atoms with van der Waals surface area (Å²) in [6.07, 6.45) is 10.7. The molecule has 1 aromatic carbocycles. The van der Waals surface area contributed by atoms with E-state index in [0.29, 0.717) is 5.41 Å². The van der Waals surface area contributed by atoms with E-state index in [1.54, 1.807) is 26.4 Å². The third-order valence-electron chi connectivity index (χ3n) is 6.49. The van der Waals surface area contributed by atoms with Crippen LogP contribution in [0.15, 0.2) is 24.3 Å². The molecule has 2 nitrogen and oxygen atoms in total. The van der Waals surface area contributed by atoms with E-state index in [0.717, 1.165) is 30.0 Å². The molecule has 0 heterocycles. The van der Waals surface area contributed by atoms with Crippen LogP contribution in [0.4, 0.5) is 0 Å². The highest BCUT2D eigenvalue weighted by molar-refractivity contribution is 5.26. The van der Waals surface area contributed by atoms with Gasteiger partial charge in [0.1, 0.15) is 5.75 Å². The summed E-state index contributed by atoms with van der Waals surface area (Å²) in [7, 11) is 1.72. The minimum Gasteiger partial charge on any atom is -0.497 e. The number of nitrogens with one attached hydrogen (secondary N) is 1. The van der Waals surface area contributed by atoms with Crippen molar-refractivity contribution in [1.29, 1.82) is 0 Å². The maximum Gasteiger partial charge on any atom is 0.118 e. The summed E-state index contributed by atoms with van der Waals surface area (Å²) in [4.78, 5) is 0. The smallest absolute Gasteiger partial charge is 0.118 e. The molecule has 0 saturated heterocycles. The van der Waals surface area contributed by atoms with Gasteiger partial charge in [0.05, 0.1) is 7.11 Å². The van der Waals surface area contributed by atoms with Crippen molar-refractivity contribution in [3.63, 3.8) is 0 Å². The molecular formula is C20H29NO. The quantitative estimate of drug-likeness (QED) is 0.787. The third-order valence-corrected chi connectivity index (χ3v) is 6.49. The first kappa shape index (κ1) is 14.6. The molecule has 5 rings (SSSR count). The Morgan fingerprint density at radius 2 is 1.59 bits per heavy atom. The molecule has 0 unspecified atom stereocenters. The van der Waals surface area contributed by atoms with Gasteiger partial charge in [0.2, 0.25) is 0 Å². The highest BCUT2D eigenvalue weighted by Gasteiger charge is 2.50. The van der Waals surface area contributed by atoms with Crippen LogP contribution in [-0.4, -0.2) is 13.7 Å². The molecule has 4 saturated carbocycles. The van der Waals surface area contributed by atoms with Gasteiger partial charge in [-0.3, -0.25) is 0 Å². The van der Waals surface area contributed by atoms with Crippen LogP contribution in [0, 0.1) is 23.2 Å². The van der Waals surface area contributed by atoms with E-state index in [1.807, 2.05) is 0 Å². The molecule has 0 radical (unpaired) electrons. The van der Waals surface area contributed by atoms with Gasteiger partial charge in [0.25, 0.3) is 0 Å². The fourth-order valence-electron chi connectivity index (χ4n) is 5.93. The van der Waals surface area contributed by atoms with Gasteiger partial charge >= 0.3 is 0 Å². The van der Waals surface area contributed by atoms with Gasteiger partial charge in [-0.1, -0.05) is 12.1 Å². The second kappa shape index (κ2) is 5.88. The second-order valence-corrected chi connectivity index (χ2v) is 8.19. The number of rotatable bonds is 6. The van der Waals surface area contributed by atoms with Crippen molar-refractivity contribution in [2.45, 2.75) is 51.5 Å². The lowest BCUT2D eigenvalue weighted by molar-refractivity contribution is -0.0567. The van der Waals surface area contributed by atoms with E-state index in [4.69, 9.17) is 4.74 Å². The molecule has 120 valence electrons. The summed E-state index contributed by atoms with van der Waals surface area (Å²) in [5.74, 6) is 4.17. The van der Waals surface area contributed by atoms with E-state index >= 15 is 0 Å². The van der Waals surface area contributed by atoms with E-state index in [2.05, 4.69) is 29.6 Å². The zero-order valence-corrected chi connectivity index (χ0v) is 13.8. The lowest BCUT2D eigenvalue weighted by Crippen LogP contribution is -2.47. The highest BCUT2D eigenvalue weighted by atomic mass is 16.5. The van der Waals surface area contributed by atoms with E-state index in [1.165, 1.54) is 37.8 Å². The number of benzene rings is 1. The Morgan fingerprint density at radius 3 is 2.14 bits per heavy atom. The first-order valence-corrected chi connectivity index (χ1v) is 9.08. The van der Waals surface area contributed by atoms with Crippen LogP contribution in [0.3, 0.4) is 0 Å². The van der Waals surface area contributed by atoms with Crippen LogP contribution < -0.4 is 10.1 Å². The lowest BCUT2D eigenvalue weighted by Gasteiger charge is -2.57. The van der Waals surface area contributed by atoms with E-state index in [9.17, 15) is 0 Å². The molecule has 1 N–H and O–H groups in total. The van der Waals surface area contributed by atoms with Gasteiger partial charge in [-0.05, 0) is 92.4 Å². The van der Waals surface area contributed by atoms with Gasteiger partial charge in [-0.25, -0.2) is 0 Å². The van der Waals surface area contributed by atoms with Crippen molar-refractivity contribution in [3.05, 3.63) is 29.8 Å². The summed E-state index contributed by atoms with van der Waals surface area (Å²) >= 11 is 0. The summed E-state index contributed by atoms with van der Waals surface area (Å²) in [5.41, 5.74) is 2.06. The molecule has 4 aliphatic rings. The number of methoxy groups -OCH3 is 1. The van der Waals surface area contributed by atoms with Crippen LogP contribution in [0.2, 0.25) is 0 Å². The second-order valence-electron chi connectivity index (χ2n) is 8.19. The van der Waals surface area contributed by atoms with Crippen molar-refractivity contribution in [3.8, 4) is 5.75 Å². The van der Waals surface area contributed by atoms with Gasteiger partial charge in [-0.2, -0.15) is 0 Å². The van der Waals surface area contributed by atoms with Crippen LogP contribution in [-0.2, 0) is 6.54 Å². The molecule has 1 aromatic rings. The zero-order valence-electron chi connectivity index (χ0n) is 13.8. The molecular weight excluding hydrogens is 270 g/mol. The fourth-order valence-corrected chi connectivity index (χ4v) is 5.93. The normalized spacial score (nSPS) is 35.8. The molecule has 22 heavy (non-hydrogen) atoms. The van der Waals surface area contributed by atoms with Crippen LogP contribution in [0.25, 0.3) is 0 Å². The highest BCUT2D eigenvalue weighted by Crippen LogP contribution is 2.61. The Balaban J connectivity index is 1.26. The van der Waals surface area contributed by atoms with Gasteiger partial charge < -0.3 is 10.1 Å². The molecule has 0 aromatic heterocycles. The van der Waals surface area contributed by atoms with Crippen molar-refractivity contribution >= 4 is 0 Å². The summed E-state index contributed by atoms with van der Waals surface area (Å²) in [5, 5.41) is 3.67. The van der Waals surface area contributed by atoms with Crippen LogP contribution in [0.1, 0.15) is 50.5 Å². The van der Waals surface area contributed by atoms with E-state index in [-0.39, 0.29) is 0 Å². The molecule has 0 aliphatic heterocycles. The topological polar surface area (TPSA) is 21.3 Å². The fraction of sp³-hybridized carbons (Fsp3) is 0.700. The average Bonchev–Trinajstić information content (AvgIpc) is 2.51.